The fraction of sp³-hybridized carbons (Fsp3) is 0.520. The zero-order valence-electron chi connectivity index (χ0n) is 21.6. The highest BCUT2D eigenvalue weighted by atomic mass is 16.7. The number of hydroxylamine groups is 2. The summed E-state index contributed by atoms with van der Waals surface area (Å²) in [5, 5.41) is 5.90. The van der Waals surface area contributed by atoms with Crippen molar-refractivity contribution in [1.29, 1.82) is 0 Å². The van der Waals surface area contributed by atoms with Gasteiger partial charge in [0, 0.05) is 43.9 Å². The van der Waals surface area contributed by atoms with Crippen LogP contribution in [0.25, 0.3) is 22.2 Å². The number of pyridine rings is 1. The second-order valence-corrected chi connectivity index (χ2v) is 8.79. The summed E-state index contributed by atoms with van der Waals surface area (Å²) in [6.45, 7) is 6.29. The van der Waals surface area contributed by atoms with Crippen LogP contribution in [0.15, 0.2) is 22.9 Å². The Morgan fingerprint density at radius 2 is 2.08 bits per heavy atom. The lowest BCUT2D eigenvalue weighted by Gasteiger charge is -2.36. The molecule has 36 heavy (non-hydrogen) atoms. The van der Waals surface area contributed by atoms with E-state index in [9.17, 15) is 9.59 Å². The maximum absolute atomic E-state index is 13.5. The van der Waals surface area contributed by atoms with Gasteiger partial charge in [-0.25, -0.2) is 14.8 Å². The molecule has 2 atom stereocenters. The van der Waals surface area contributed by atoms with Gasteiger partial charge in [-0.1, -0.05) is 6.92 Å². The summed E-state index contributed by atoms with van der Waals surface area (Å²) in [4.78, 5) is 38.3. The molecule has 2 amide bonds. The van der Waals surface area contributed by atoms with E-state index in [2.05, 4.69) is 10.1 Å². The van der Waals surface area contributed by atoms with E-state index in [0.29, 0.717) is 47.5 Å². The first kappa shape index (κ1) is 25.6. The fourth-order valence-corrected chi connectivity index (χ4v) is 4.54. The largest absolute Gasteiger partial charge is 0.449 e. The molecule has 1 aliphatic heterocycles. The quantitative estimate of drug-likeness (QED) is 0.447. The van der Waals surface area contributed by atoms with E-state index in [1.807, 2.05) is 26.2 Å². The standard InChI is InChI=1S/C25H33N5O6/c1-7-18-11-17(9-10-35-18)30(25(32)34-8-2)21-19-12-20(16-13-26-28(4)14-16)27-15(3)22(19)36-23(21)24(31)29(5)33-6/h12-14,17-18H,7-11H2,1-6H3/t17-,18-/m0/s1. The normalized spacial score (nSPS) is 17.8. The molecule has 0 unspecified atom stereocenters. The SMILES string of the molecule is CCOC(=O)N(c1c(C(=O)N(C)OC)oc2c(C)nc(-c3cnn(C)c3)cc12)[C@H]1CCO[C@@H](CC)C1. The molecule has 4 heterocycles. The molecule has 0 radical (unpaired) electrons. The van der Waals surface area contributed by atoms with Crippen molar-refractivity contribution in [1.82, 2.24) is 19.8 Å². The number of furan rings is 1. The minimum Gasteiger partial charge on any atom is -0.449 e. The molecule has 0 aliphatic carbocycles. The van der Waals surface area contributed by atoms with E-state index in [0.717, 1.165) is 17.0 Å². The van der Waals surface area contributed by atoms with Crippen molar-refractivity contribution in [3.63, 3.8) is 0 Å². The van der Waals surface area contributed by atoms with Crippen LogP contribution in [0.5, 0.6) is 0 Å². The van der Waals surface area contributed by atoms with Crippen LogP contribution in [0.3, 0.4) is 0 Å². The van der Waals surface area contributed by atoms with Crippen LogP contribution in [-0.4, -0.2) is 71.3 Å². The molecule has 11 heteroatoms. The molecular weight excluding hydrogens is 466 g/mol. The Hall–Kier alpha value is -3.44. The Morgan fingerprint density at radius 1 is 1.31 bits per heavy atom. The van der Waals surface area contributed by atoms with Crippen molar-refractivity contribution < 1.29 is 28.3 Å². The third-order valence-electron chi connectivity index (χ3n) is 6.44. The number of fused-ring (bicyclic) bond motifs is 1. The molecule has 3 aromatic heterocycles. The van der Waals surface area contributed by atoms with E-state index >= 15 is 0 Å². The number of aryl methyl sites for hydroxylation is 2. The molecule has 0 N–H and O–H groups in total. The fourth-order valence-electron chi connectivity index (χ4n) is 4.54. The number of aromatic nitrogens is 3. The van der Waals surface area contributed by atoms with Gasteiger partial charge >= 0.3 is 12.0 Å². The van der Waals surface area contributed by atoms with Crippen LogP contribution >= 0.6 is 0 Å². The van der Waals surface area contributed by atoms with Crippen molar-refractivity contribution in [2.75, 3.05) is 32.3 Å². The van der Waals surface area contributed by atoms with E-state index in [4.69, 9.17) is 18.7 Å². The van der Waals surface area contributed by atoms with Gasteiger partial charge in [0.15, 0.2) is 5.58 Å². The number of amides is 2. The van der Waals surface area contributed by atoms with Gasteiger partial charge in [0.25, 0.3) is 0 Å². The third-order valence-corrected chi connectivity index (χ3v) is 6.44. The molecule has 0 aromatic carbocycles. The molecule has 1 aliphatic rings. The molecule has 4 rings (SSSR count). The second kappa shape index (κ2) is 10.7. The lowest BCUT2D eigenvalue weighted by atomic mass is 9.99. The molecule has 3 aromatic rings. The number of ether oxygens (including phenoxy) is 2. The number of carbonyl (C=O) groups is 2. The van der Waals surface area contributed by atoms with Crippen LogP contribution in [0, 0.1) is 6.92 Å². The number of hydrogen-bond donors (Lipinski definition) is 0. The topological polar surface area (TPSA) is 112 Å². The van der Waals surface area contributed by atoms with Crippen molar-refractivity contribution >= 4 is 28.7 Å². The monoisotopic (exact) mass is 499 g/mol. The number of hydrogen-bond acceptors (Lipinski definition) is 8. The summed E-state index contributed by atoms with van der Waals surface area (Å²) in [5.74, 6) is -0.547. The first-order valence-electron chi connectivity index (χ1n) is 12.1. The number of carbonyl (C=O) groups excluding carboxylic acids is 2. The summed E-state index contributed by atoms with van der Waals surface area (Å²) >= 11 is 0. The maximum Gasteiger partial charge on any atom is 0.414 e. The predicted molar refractivity (Wildman–Crippen MR) is 133 cm³/mol. The van der Waals surface area contributed by atoms with Gasteiger partial charge in [-0.15, -0.1) is 0 Å². The molecule has 1 saturated heterocycles. The van der Waals surface area contributed by atoms with E-state index < -0.39 is 12.0 Å². The first-order chi connectivity index (χ1) is 17.3. The van der Waals surface area contributed by atoms with E-state index in [1.165, 1.54) is 14.2 Å². The van der Waals surface area contributed by atoms with Gasteiger partial charge in [-0.05, 0) is 39.2 Å². The Morgan fingerprint density at radius 3 is 2.72 bits per heavy atom. The molecular formula is C25H33N5O6. The number of anilines is 1. The lowest BCUT2D eigenvalue weighted by molar-refractivity contribution is -0.0772. The molecule has 0 saturated carbocycles. The van der Waals surface area contributed by atoms with Crippen LogP contribution in [0.1, 0.15) is 49.4 Å². The summed E-state index contributed by atoms with van der Waals surface area (Å²) < 4.78 is 19.2. The maximum atomic E-state index is 13.5. The van der Waals surface area contributed by atoms with Gasteiger partial charge < -0.3 is 13.9 Å². The first-order valence-corrected chi connectivity index (χ1v) is 12.1. The lowest BCUT2D eigenvalue weighted by Crippen LogP contribution is -2.46. The number of nitrogens with zero attached hydrogens (tertiary/aromatic N) is 5. The van der Waals surface area contributed by atoms with Crippen molar-refractivity contribution in [2.24, 2.45) is 7.05 Å². The van der Waals surface area contributed by atoms with Crippen LogP contribution in [0.4, 0.5) is 10.5 Å². The van der Waals surface area contributed by atoms with Crippen molar-refractivity contribution in [3.05, 3.63) is 29.9 Å². The summed E-state index contributed by atoms with van der Waals surface area (Å²) in [6, 6.07) is 1.57. The molecule has 1 fully saturated rings. The number of rotatable bonds is 7. The highest BCUT2D eigenvalue weighted by Crippen LogP contribution is 2.41. The van der Waals surface area contributed by atoms with Crippen molar-refractivity contribution in [2.45, 2.75) is 52.2 Å². The highest BCUT2D eigenvalue weighted by molar-refractivity contribution is 6.11. The summed E-state index contributed by atoms with van der Waals surface area (Å²) in [6.07, 6.45) is 5.02. The highest BCUT2D eigenvalue weighted by Gasteiger charge is 2.38. The Kier molecular flexibility index (Phi) is 7.60. The van der Waals surface area contributed by atoms with Gasteiger partial charge in [-0.3, -0.25) is 19.2 Å². The van der Waals surface area contributed by atoms with Crippen LogP contribution in [0.2, 0.25) is 0 Å². The minimum atomic E-state index is -0.548. The Bertz CT molecular complexity index is 1250. The second-order valence-electron chi connectivity index (χ2n) is 8.79. The van der Waals surface area contributed by atoms with E-state index in [-0.39, 0.29) is 24.5 Å². The Balaban J connectivity index is 1.98. The average Bonchev–Trinajstić information content (AvgIpc) is 3.48. The van der Waals surface area contributed by atoms with Gasteiger partial charge in [0.05, 0.1) is 37.4 Å². The molecule has 194 valence electrons. The zero-order chi connectivity index (χ0) is 26.0. The minimum absolute atomic E-state index is 0.00556. The predicted octanol–water partition coefficient (Wildman–Crippen LogP) is 4.09. The molecule has 0 spiro atoms. The third kappa shape index (κ3) is 4.80. The molecule has 0 bridgehead atoms. The zero-order valence-corrected chi connectivity index (χ0v) is 21.6. The van der Waals surface area contributed by atoms with Crippen LogP contribution in [-0.2, 0) is 21.4 Å². The van der Waals surface area contributed by atoms with Gasteiger partial charge in [0.2, 0.25) is 5.76 Å². The van der Waals surface area contributed by atoms with E-state index in [1.54, 1.807) is 29.6 Å². The van der Waals surface area contributed by atoms with Crippen molar-refractivity contribution in [3.8, 4) is 11.3 Å². The Labute approximate surface area is 209 Å². The average molecular weight is 500 g/mol. The van der Waals surface area contributed by atoms with Gasteiger partial charge in [-0.2, -0.15) is 5.10 Å². The van der Waals surface area contributed by atoms with Crippen LogP contribution < -0.4 is 4.90 Å². The molecule has 11 nitrogen and oxygen atoms in total. The van der Waals surface area contributed by atoms with Gasteiger partial charge in [0.1, 0.15) is 5.69 Å². The smallest absolute Gasteiger partial charge is 0.414 e. The summed E-state index contributed by atoms with van der Waals surface area (Å²) in [7, 11) is 4.70. The summed E-state index contributed by atoms with van der Waals surface area (Å²) in [5.41, 5.74) is 2.79.